The molecule has 0 unspecified atom stereocenters. The Bertz CT molecular complexity index is 2010. The Kier molecular flexibility index (Phi) is 9.18. The van der Waals surface area contributed by atoms with Crippen LogP contribution in [0, 0.1) is 0 Å². The zero-order valence-electron chi connectivity index (χ0n) is 29.2. The second kappa shape index (κ2) is 13.3. The number of fused-ring (bicyclic) bond motifs is 8. The number of aromatic nitrogens is 4. The molecule has 2 aliphatic rings. The third kappa shape index (κ3) is 5.16. The van der Waals surface area contributed by atoms with E-state index in [2.05, 4.69) is 120 Å². The minimum atomic E-state index is 0.946. The monoisotopic (exact) mass is 610 g/mol. The van der Waals surface area contributed by atoms with Gasteiger partial charge in [0.25, 0.3) is 0 Å². The lowest BCUT2D eigenvalue weighted by molar-refractivity contribution is 1.07. The molecule has 0 amide bonds. The summed E-state index contributed by atoms with van der Waals surface area (Å²) in [6.07, 6.45) is 7.67. The van der Waals surface area contributed by atoms with Crippen LogP contribution in [0.5, 0.6) is 0 Å². The minimum absolute atomic E-state index is 0.946. The van der Waals surface area contributed by atoms with Gasteiger partial charge in [0.15, 0.2) is 0 Å². The SMILES string of the molecule is CCC1=C(CC)c2cc3[nH]c(cc4c(CC)c(CC)c(cc5nc(cc1n2)C(CC)=C5CC)n4-c1ccccc1)c(CC)c3CC. The Morgan fingerprint density at radius 2 is 0.870 bits per heavy atom. The normalized spacial score (nSPS) is 13.3. The van der Waals surface area contributed by atoms with Crippen molar-refractivity contribution in [2.24, 2.45) is 0 Å². The third-order valence-corrected chi connectivity index (χ3v) is 10.1. The van der Waals surface area contributed by atoms with Gasteiger partial charge in [-0.25, -0.2) is 9.97 Å². The highest BCUT2D eigenvalue weighted by atomic mass is 15.0. The van der Waals surface area contributed by atoms with Gasteiger partial charge < -0.3 is 9.55 Å². The van der Waals surface area contributed by atoms with E-state index in [9.17, 15) is 0 Å². The number of para-hydroxylation sites is 1. The van der Waals surface area contributed by atoms with Crippen LogP contribution in [-0.4, -0.2) is 19.5 Å². The Morgan fingerprint density at radius 3 is 1.33 bits per heavy atom. The molecule has 0 saturated carbocycles. The van der Waals surface area contributed by atoms with Crippen molar-refractivity contribution >= 4 is 44.4 Å². The van der Waals surface area contributed by atoms with Crippen LogP contribution in [0.25, 0.3) is 50.0 Å². The average Bonchev–Trinajstić information content (AvgIpc) is 3.78. The van der Waals surface area contributed by atoms with Crippen molar-refractivity contribution in [2.75, 3.05) is 0 Å². The Hall–Kier alpha value is -4.18. The van der Waals surface area contributed by atoms with Gasteiger partial charge in [-0.3, -0.25) is 0 Å². The summed E-state index contributed by atoms with van der Waals surface area (Å²) >= 11 is 0. The summed E-state index contributed by atoms with van der Waals surface area (Å²) in [5.74, 6) is 0. The standard InChI is InChI=1S/C42H50N4/c1-9-27-28(10-2)36-23-38-30(12-4)32(14-6)40(45-38)25-42-34(16-8)33(15-7)41(46(42)26-20-18-17-19-21-26)24-39-31(13-5)29(11-3)37(44-39)22-35(27)43-36/h17-25,44H,9-16H2,1-8H3. The van der Waals surface area contributed by atoms with Crippen molar-refractivity contribution in [3.63, 3.8) is 0 Å². The van der Waals surface area contributed by atoms with Gasteiger partial charge in [0.1, 0.15) is 0 Å². The predicted octanol–water partition coefficient (Wildman–Crippen LogP) is 11.5. The molecule has 3 aromatic heterocycles. The highest BCUT2D eigenvalue weighted by molar-refractivity contribution is 5.96. The summed E-state index contributed by atoms with van der Waals surface area (Å²) in [6, 6.07) is 20.3. The van der Waals surface area contributed by atoms with Crippen LogP contribution in [0.2, 0.25) is 0 Å². The quantitative estimate of drug-likeness (QED) is 0.205. The van der Waals surface area contributed by atoms with Gasteiger partial charge >= 0.3 is 0 Å². The summed E-state index contributed by atoms with van der Waals surface area (Å²) in [7, 11) is 0. The molecule has 0 fully saturated rings. The molecular formula is C42H50N4. The molecule has 4 nitrogen and oxygen atoms in total. The van der Waals surface area contributed by atoms with Crippen LogP contribution in [0.15, 0.2) is 54.6 Å². The van der Waals surface area contributed by atoms with E-state index in [1.54, 1.807) is 0 Å². The molecule has 0 spiro atoms. The van der Waals surface area contributed by atoms with Gasteiger partial charge in [-0.05, 0) is 132 Å². The van der Waals surface area contributed by atoms with Gasteiger partial charge in [0, 0.05) is 16.7 Å². The molecule has 0 aliphatic carbocycles. The summed E-state index contributed by atoms with van der Waals surface area (Å²) in [6.45, 7) is 18.2. The Morgan fingerprint density at radius 1 is 0.457 bits per heavy atom. The van der Waals surface area contributed by atoms with E-state index in [1.807, 2.05) is 0 Å². The van der Waals surface area contributed by atoms with E-state index in [1.165, 1.54) is 72.3 Å². The topological polar surface area (TPSA) is 46.5 Å². The van der Waals surface area contributed by atoms with Crippen molar-refractivity contribution in [1.29, 1.82) is 0 Å². The maximum Gasteiger partial charge on any atom is 0.0694 e. The fraction of sp³-hybridized carbons (Fsp3) is 0.381. The highest BCUT2D eigenvalue weighted by Crippen LogP contribution is 2.40. The second-order valence-corrected chi connectivity index (χ2v) is 12.4. The lowest BCUT2D eigenvalue weighted by Crippen LogP contribution is -1.94. The maximum absolute atomic E-state index is 5.42. The molecule has 5 heterocycles. The van der Waals surface area contributed by atoms with E-state index in [0.29, 0.717) is 0 Å². The van der Waals surface area contributed by atoms with Gasteiger partial charge in [0.2, 0.25) is 0 Å². The molecule has 4 heteroatoms. The highest BCUT2D eigenvalue weighted by Gasteiger charge is 2.23. The summed E-state index contributed by atoms with van der Waals surface area (Å²) < 4.78 is 2.50. The number of hydrogen-bond donors (Lipinski definition) is 1. The third-order valence-electron chi connectivity index (χ3n) is 10.1. The van der Waals surface area contributed by atoms with Crippen molar-refractivity contribution in [2.45, 2.75) is 107 Å². The Labute approximate surface area is 275 Å². The first kappa shape index (κ1) is 31.8. The zero-order chi connectivity index (χ0) is 32.5. The van der Waals surface area contributed by atoms with Crippen LogP contribution in [0.1, 0.15) is 126 Å². The number of aromatic amines is 1. The van der Waals surface area contributed by atoms with Gasteiger partial charge in [0.05, 0.1) is 33.8 Å². The predicted molar refractivity (Wildman–Crippen MR) is 198 cm³/mol. The molecule has 0 radical (unpaired) electrons. The van der Waals surface area contributed by atoms with Crippen LogP contribution in [0.3, 0.4) is 0 Å². The van der Waals surface area contributed by atoms with Crippen LogP contribution in [-0.2, 0) is 25.7 Å². The van der Waals surface area contributed by atoms with Gasteiger partial charge in [-0.15, -0.1) is 0 Å². The number of aryl methyl sites for hydroxylation is 4. The second-order valence-electron chi connectivity index (χ2n) is 12.4. The number of allylic oxidation sites excluding steroid dienone is 4. The number of hydrogen-bond acceptors (Lipinski definition) is 2. The Balaban J connectivity index is 1.92. The van der Waals surface area contributed by atoms with Crippen molar-refractivity contribution in [3.8, 4) is 5.69 Å². The fourth-order valence-corrected chi connectivity index (χ4v) is 8.07. The lowest BCUT2D eigenvalue weighted by atomic mass is 9.97. The van der Waals surface area contributed by atoms with Crippen LogP contribution in [0.4, 0.5) is 0 Å². The molecule has 6 rings (SSSR count). The van der Waals surface area contributed by atoms with Crippen molar-refractivity contribution < 1.29 is 0 Å². The molecule has 4 aromatic rings. The number of nitrogens with one attached hydrogen (secondary N) is 1. The number of nitrogens with zero attached hydrogens (tertiary/aromatic N) is 3. The van der Waals surface area contributed by atoms with E-state index in [0.717, 1.165) is 74.1 Å². The molecule has 46 heavy (non-hydrogen) atoms. The summed E-state index contributed by atoms with van der Waals surface area (Å²) in [5, 5.41) is 0. The van der Waals surface area contributed by atoms with E-state index < -0.39 is 0 Å². The van der Waals surface area contributed by atoms with E-state index >= 15 is 0 Å². The number of benzene rings is 1. The molecule has 1 N–H and O–H groups in total. The first-order valence-electron chi connectivity index (χ1n) is 17.8. The molecule has 8 bridgehead atoms. The fourth-order valence-electron chi connectivity index (χ4n) is 8.07. The summed E-state index contributed by atoms with van der Waals surface area (Å²) in [5.41, 5.74) is 21.4. The smallest absolute Gasteiger partial charge is 0.0694 e. The number of rotatable bonds is 9. The number of H-pyrrole nitrogens is 1. The van der Waals surface area contributed by atoms with E-state index in [4.69, 9.17) is 9.97 Å². The molecule has 238 valence electrons. The molecule has 0 saturated heterocycles. The average molecular weight is 611 g/mol. The first-order valence-corrected chi connectivity index (χ1v) is 17.8. The van der Waals surface area contributed by atoms with E-state index in [-0.39, 0.29) is 0 Å². The maximum atomic E-state index is 5.42. The van der Waals surface area contributed by atoms with Crippen molar-refractivity contribution in [1.82, 2.24) is 19.5 Å². The van der Waals surface area contributed by atoms with Crippen LogP contribution >= 0.6 is 0 Å². The largest absolute Gasteiger partial charge is 0.355 e. The first-order chi connectivity index (χ1) is 22.5. The summed E-state index contributed by atoms with van der Waals surface area (Å²) in [4.78, 5) is 14.7. The zero-order valence-corrected chi connectivity index (χ0v) is 29.2. The van der Waals surface area contributed by atoms with Gasteiger partial charge in [-0.1, -0.05) is 73.6 Å². The molecular weight excluding hydrogens is 560 g/mol. The van der Waals surface area contributed by atoms with Crippen LogP contribution < -0.4 is 0 Å². The van der Waals surface area contributed by atoms with Gasteiger partial charge in [-0.2, -0.15) is 0 Å². The molecule has 2 aliphatic heterocycles. The van der Waals surface area contributed by atoms with Crippen molar-refractivity contribution in [3.05, 3.63) is 99.6 Å². The molecule has 1 aromatic carbocycles. The molecule has 0 atom stereocenters. The lowest BCUT2D eigenvalue weighted by Gasteiger charge is -2.08. The minimum Gasteiger partial charge on any atom is -0.355 e.